The summed E-state index contributed by atoms with van der Waals surface area (Å²) in [6.07, 6.45) is 0. The predicted molar refractivity (Wildman–Crippen MR) is 54.6 cm³/mol. The highest BCUT2D eigenvalue weighted by atomic mass is 35.5. The number of rotatable bonds is 3. The van der Waals surface area contributed by atoms with Gasteiger partial charge in [0.1, 0.15) is 5.03 Å². The number of thioether (sulfide) groups is 1. The van der Waals surface area contributed by atoms with E-state index in [0.717, 1.165) is 5.03 Å². The molecule has 1 unspecified atom stereocenters. The van der Waals surface area contributed by atoms with Crippen molar-refractivity contribution >= 4 is 29.0 Å². The van der Waals surface area contributed by atoms with Gasteiger partial charge in [0.2, 0.25) is 0 Å². The van der Waals surface area contributed by atoms with E-state index in [-0.39, 0.29) is 0 Å². The van der Waals surface area contributed by atoms with Gasteiger partial charge in [-0.25, -0.2) is 0 Å². The predicted octanol–water partition coefficient (Wildman–Crippen LogP) is 1.24. The van der Waals surface area contributed by atoms with Gasteiger partial charge in [0.05, 0.1) is 0 Å². The number of alkyl halides is 1. The van der Waals surface area contributed by atoms with Crippen molar-refractivity contribution in [3.05, 3.63) is 12.1 Å². The van der Waals surface area contributed by atoms with Gasteiger partial charge < -0.3 is 0 Å². The largest absolute Gasteiger partial charge is 0.200 e. The molecule has 0 bridgehead atoms. The molecule has 0 radical (unpaired) electrons. The van der Waals surface area contributed by atoms with E-state index in [1.54, 1.807) is 11.8 Å². The Morgan fingerprint density at radius 2 is 2.43 bits per heavy atom. The maximum atomic E-state index is 5.70. The number of hydrogen-bond donors (Lipinski definition) is 0. The number of nitrogens with zero attached hydrogens (tertiary/aromatic N) is 5. The van der Waals surface area contributed by atoms with E-state index in [9.17, 15) is 0 Å². The summed E-state index contributed by atoms with van der Waals surface area (Å²) < 4.78 is 1.41. The van der Waals surface area contributed by atoms with Crippen LogP contribution < -0.4 is 0 Å². The van der Waals surface area contributed by atoms with E-state index >= 15 is 0 Å². The van der Waals surface area contributed by atoms with Crippen LogP contribution >= 0.6 is 23.4 Å². The third kappa shape index (κ3) is 1.96. The molecule has 0 aliphatic carbocycles. The molecule has 0 spiro atoms. The van der Waals surface area contributed by atoms with Crippen LogP contribution in [0.2, 0.25) is 0 Å². The Kier molecular flexibility index (Phi) is 2.83. The van der Waals surface area contributed by atoms with Gasteiger partial charge in [-0.15, -0.1) is 38.2 Å². The van der Waals surface area contributed by atoms with Crippen LogP contribution in [0.5, 0.6) is 0 Å². The van der Waals surface area contributed by atoms with Crippen LogP contribution in [0, 0.1) is 0 Å². The van der Waals surface area contributed by atoms with E-state index in [1.807, 2.05) is 19.1 Å². The zero-order valence-electron chi connectivity index (χ0n) is 7.46. The van der Waals surface area contributed by atoms with Crippen molar-refractivity contribution in [2.45, 2.75) is 17.2 Å². The van der Waals surface area contributed by atoms with Gasteiger partial charge >= 0.3 is 0 Å². The van der Waals surface area contributed by atoms with Gasteiger partial charge in [0, 0.05) is 11.1 Å². The molecule has 5 nitrogen and oxygen atoms in total. The average molecular weight is 230 g/mol. The normalized spacial score (nSPS) is 13.3. The van der Waals surface area contributed by atoms with Crippen molar-refractivity contribution in [1.82, 2.24) is 25.3 Å². The molecule has 7 heteroatoms. The molecule has 0 aromatic carbocycles. The lowest BCUT2D eigenvalue weighted by Crippen LogP contribution is -2.01. The van der Waals surface area contributed by atoms with Gasteiger partial charge in [-0.3, -0.25) is 0 Å². The van der Waals surface area contributed by atoms with Crippen LogP contribution in [0.1, 0.15) is 6.92 Å². The highest BCUT2D eigenvalue weighted by Crippen LogP contribution is 2.21. The second kappa shape index (κ2) is 4.10. The van der Waals surface area contributed by atoms with Crippen molar-refractivity contribution in [2.75, 3.05) is 5.88 Å². The zero-order chi connectivity index (χ0) is 9.97. The molecule has 2 aromatic rings. The minimum absolute atomic E-state index is 0.332. The fourth-order valence-corrected chi connectivity index (χ4v) is 1.87. The Hall–Kier alpha value is -0.880. The molecule has 14 heavy (non-hydrogen) atoms. The molecule has 74 valence electrons. The van der Waals surface area contributed by atoms with Crippen LogP contribution in [0.15, 0.2) is 17.2 Å². The molecule has 2 aromatic heterocycles. The van der Waals surface area contributed by atoms with E-state index in [2.05, 4.69) is 20.6 Å². The zero-order valence-corrected chi connectivity index (χ0v) is 9.03. The molecule has 2 rings (SSSR count). The first-order valence-corrected chi connectivity index (χ1v) is 5.49. The lowest BCUT2D eigenvalue weighted by molar-refractivity contribution is 0.702. The highest BCUT2D eigenvalue weighted by Gasteiger charge is 2.05. The SMILES string of the molecule is CC(CCl)Sc1ccc2nnnn2n1. The monoisotopic (exact) mass is 229 g/mol. The lowest BCUT2D eigenvalue weighted by atomic mass is 10.6. The van der Waals surface area contributed by atoms with Crippen LogP contribution in [0.3, 0.4) is 0 Å². The number of fused-ring (bicyclic) bond motifs is 1. The van der Waals surface area contributed by atoms with Gasteiger partial charge in [0.15, 0.2) is 5.65 Å². The number of halogens is 1. The summed E-state index contributed by atoms with van der Waals surface area (Å²) in [7, 11) is 0. The Balaban J connectivity index is 2.25. The fraction of sp³-hybridized carbons (Fsp3) is 0.429. The third-order valence-corrected chi connectivity index (χ3v) is 3.26. The molecule has 0 aliphatic heterocycles. The van der Waals surface area contributed by atoms with E-state index in [0.29, 0.717) is 16.8 Å². The minimum atomic E-state index is 0.332. The first kappa shape index (κ1) is 9.67. The maximum Gasteiger partial charge on any atom is 0.200 e. The van der Waals surface area contributed by atoms with Gasteiger partial charge in [-0.1, -0.05) is 6.92 Å². The van der Waals surface area contributed by atoms with Crippen LogP contribution in [0.4, 0.5) is 0 Å². The minimum Gasteiger partial charge on any atom is -0.140 e. The van der Waals surface area contributed by atoms with Crippen LogP contribution in [0.25, 0.3) is 5.65 Å². The quantitative estimate of drug-likeness (QED) is 0.586. The van der Waals surface area contributed by atoms with Crippen molar-refractivity contribution < 1.29 is 0 Å². The molecule has 0 N–H and O–H groups in total. The maximum absolute atomic E-state index is 5.70. The smallest absolute Gasteiger partial charge is 0.140 e. The summed E-state index contributed by atoms with van der Waals surface area (Å²) in [5.41, 5.74) is 0.646. The van der Waals surface area contributed by atoms with E-state index in [4.69, 9.17) is 11.6 Å². The van der Waals surface area contributed by atoms with Crippen LogP contribution in [-0.4, -0.2) is 36.4 Å². The average Bonchev–Trinajstić information content (AvgIpc) is 2.64. The van der Waals surface area contributed by atoms with Crippen LogP contribution in [-0.2, 0) is 0 Å². The second-order valence-corrected chi connectivity index (χ2v) is 4.55. The molecular weight excluding hydrogens is 222 g/mol. The summed E-state index contributed by atoms with van der Waals surface area (Å²) >= 11 is 7.31. The topological polar surface area (TPSA) is 56.0 Å². The van der Waals surface area contributed by atoms with E-state index < -0.39 is 0 Å². The molecule has 1 atom stereocenters. The summed E-state index contributed by atoms with van der Waals surface area (Å²) in [6.45, 7) is 2.04. The molecule has 0 amide bonds. The first-order chi connectivity index (χ1) is 6.79. The summed E-state index contributed by atoms with van der Waals surface area (Å²) in [5, 5.41) is 16.4. The summed E-state index contributed by atoms with van der Waals surface area (Å²) in [4.78, 5) is 0. The highest BCUT2D eigenvalue weighted by molar-refractivity contribution is 7.99. The molecule has 2 heterocycles. The standard InChI is InChI=1S/C7H8ClN5S/c1-5(4-8)14-7-3-2-6-9-11-12-13(6)10-7/h2-3,5H,4H2,1H3. The van der Waals surface area contributed by atoms with Gasteiger partial charge in [-0.2, -0.15) is 0 Å². The second-order valence-electron chi connectivity index (χ2n) is 2.78. The summed E-state index contributed by atoms with van der Waals surface area (Å²) in [5.74, 6) is 0.597. The van der Waals surface area contributed by atoms with Gasteiger partial charge in [0.25, 0.3) is 0 Å². The Labute approximate surface area is 89.8 Å². The Bertz CT molecular complexity index is 431. The Morgan fingerprint density at radius 1 is 1.57 bits per heavy atom. The fourth-order valence-electron chi connectivity index (χ4n) is 0.934. The van der Waals surface area contributed by atoms with Crippen molar-refractivity contribution in [2.24, 2.45) is 0 Å². The molecule has 0 saturated heterocycles. The van der Waals surface area contributed by atoms with Crippen molar-refractivity contribution in [1.29, 1.82) is 0 Å². The van der Waals surface area contributed by atoms with Crippen molar-refractivity contribution in [3.63, 3.8) is 0 Å². The Morgan fingerprint density at radius 3 is 3.21 bits per heavy atom. The van der Waals surface area contributed by atoms with E-state index in [1.165, 1.54) is 4.63 Å². The number of aromatic nitrogens is 5. The molecule has 0 fully saturated rings. The molecular formula is C7H8ClN5S. The molecule has 0 saturated carbocycles. The summed E-state index contributed by atoms with van der Waals surface area (Å²) in [6, 6.07) is 3.72. The number of hydrogen-bond acceptors (Lipinski definition) is 5. The third-order valence-electron chi connectivity index (χ3n) is 1.58. The van der Waals surface area contributed by atoms with Gasteiger partial charge in [-0.05, 0) is 22.6 Å². The number of tetrazole rings is 1. The lowest BCUT2D eigenvalue weighted by Gasteiger charge is -2.04. The first-order valence-electron chi connectivity index (χ1n) is 4.07. The molecule has 0 aliphatic rings. The van der Waals surface area contributed by atoms with Crippen molar-refractivity contribution in [3.8, 4) is 0 Å².